The molecule has 35 heavy (non-hydrogen) atoms. The SMILES string of the molecule is C[C@](N)(CO)c1nc(-c2ccc(OCCc3ccc(-c4ccccc4)cc3)cc2C(F)(F)F)c[nH]1. The molecule has 0 radical (unpaired) electrons. The number of nitrogens with two attached hydrogens (primary N) is 1. The molecule has 1 heterocycles. The Kier molecular flexibility index (Phi) is 6.95. The minimum Gasteiger partial charge on any atom is -0.493 e. The second-order valence-electron chi connectivity index (χ2n) is 8.58. The minimum atomic E-state index is -4.61. The van der Waals surface area contributed by atoms with Crippen molar-refractivity contribution in [3.8, 4) is 28.1 Å². The molecule has 0 saturated heterocycles. The average Bonchev–Trinajstić information content (AvgIpc) is 3.36. The van der Waals surface area contributed by atoms with E-state index in [1.54, 1.807) is 0 Å². The highest BCUT2D eigenvalue weighted by Crippen LogP contribution is 2.39. The Hall–Kier alpha value is -3.62. The first-order valence-corrected chi connectivity index (χ1v) is 11.1. The van der Waals surface area contributed by atoms with E-state index in [1.807, 2.05) is 54.6 Å². The summed E-state index contributed by atoms with van der Waals surface area (Å²) >= 11 is 0. The Balaban J connectivity index is 1.46. The second-order valence-corrected chi connectivity index (χ2v) is 8.58. The van der Waals surface area contributed by atoms with Crippen molar-refractivity contribution in [3.05, 3.63) is 95.9 Å². The van der Waals surface area contributed by atoms with E-state index < -0.39 is 23.9 Å². The Morgan fingerprint density at radius 3 is 2.31 bits per heavy atom. The third kappa shape index (κ3) is 5.72. The van der Waals surface area contributed by atoms with Gasteiger partial charge in [0, 0.05) is 18.2 Å². The van der Waals surface area contributed by atoms with Gasteiger partial charge in [-0.3, -0.25) is 0 Å². The maximum Gasteiger partial charge on any atom is 0.417 e. The molecule has 0 bridgehead atoms. The first-order chi connectivity index (χ1) is 16.7. The summed E-state index contributed by atoms with van der Waals surface area (Å²) in [6.07, 6.45) is -2.71. The standard InChI is InChI=1S/C27H26F3N3O2/c1-26(31,17-34)25-32-16-24(33-25)22-12-11-21(15-23(22)27(28,29)30)35-14-13-18-7-9-20(10-8-18)19-5-3-2-4-6-19/h2-12,15-16,34H,13-14,17,31H2,1H3,(H,32,33)/t26-/m0/s1. The first-order valence-electron chi connectivity index (χ1n) is 11.1. The van der Waals surface area contributed by atoms with E-state index in [0.717, 1.165) is 22.8 Å². The summed E-state index contributed by atoms with van der Waals surface area (Å²) in [6.45, 7) is 1.36. The lowest BCUT2D eigenvalue weighted by molar-refractivity contribution is -0.137. The maximum atomic E-state index is 13.8. The number of aromatic amines is 1. The van der Waals surface area contributed by atoms with Crippen molar-refractivity contribution in [1.29, 1.82) is 0 Å². The van der Waals surface area contributed by atoms with Gasteiger partial charge >= 0.3 is 6.18 Å². The topological polar surface area (TPSA) is 84.2 Å². The Morgan fingerprint density at radius 2 is 1.66 bits per heavy atom. The smallest absolute Gasteiger partial charge is 0.417 e. The van der Waals surface area contributed by atoms with Gasteiger partial charge in [0.25, 0.3) is 0 Å². The van der Waals surface area contributed by atoms with Gasteiger partial charge < -0.3 is 20.6 Å². The van der Waals surface area contributed by atoms with Crippen LogP contribution in [0.3, 0.4) is 0 Å². The molecule has 8 heteroatoms. The van der Waals surface area contributed by atoms with E-state index >= 15 is 0 Å². The predicted molar refractivity (Wildman–Crippen MR) is 129 cm³/mol. The van der Waals surface area contributed by atoms with E-state index in [-0.39, 0.29) is 29.4 Å². The summed E-state index contributed by atoms with van der Waals surface area (Å²) in [6, 6.07) is 21.8. The van der Waals surface area contributed by atoms with Crippen LogP contribution in [0.4, 0.5) is 13.2 Å². The number of aliphatic hydroxyl groups is 1. The predicted octanol–water partition coefficient (Wildman–Crippen LogP) is 5.55. The van der Waals surface area contributed by atoms with Crippen molar-refractivity contribution in [1.82, 2.24) is 9.97 Å². The van der Waals surface area contributed by atoms with Crippen LogP contribution < -0.4 is 10.5 Å². The number of hydrogen-bond acceptors (Lipinski definition) is 4. The number of nitrogens with zero attached hydrogens (tertiary/aromatic N) is 1. The van der Waals surface area contributed by atoms with Crippen LogP contribution in [-0.4, -0.2) is 28.3 Å². The van der Waals surface area contributed by atoms with Crippen molar-refractivity contribution in [3.63, 3.8) is 0 Å². The molecule has 4 aromatic rings. The van der Waals surface area contributed by atoms with Crippen LogP contribution in [0.2, 0.25) is 0 Å². The lowest BCUT2D eigenvalue weighted by atomic mass is 10.0. The zero-order valence-electron chi connectivity index (χ0n) is 19.1. The van der Waals surface area contributed by atoms with Crippen molar-refractivity contribution < 1.29 is 23.0 Å². The first kappa shape index (κ1) is 24.5. The molecule has 0 amide bonds. The van der Waals surface area contributed by atoms with Gasteiger partial charge in [-0.25, -0.2) is 4.98 Å². The molecule has 3 aromatic carbocycles. The molecular formula is C27H26F3N3O2. The number of benzene rings is 3. The lowest BCUT2D eigenvalue weighted by Gasteiger charge is -2.18. The molecule has 0 unspecified atom stereocenters. The Morgan fingerprint density at radius 1 is 0.971 bits per heavy atom. The van der Waals surface area contributed by atoms with Gasteiger partial charge in [-0.15, -0.1) is 0 Å². The molecular weight excluding hydrogens is 455 g/mol. The number of aromatic nitrogens is 2. The average molecular weight is 482 g/mol. The van der Waals surface area contributed by atoms with E-state index in [2.05, 4.69) is 9.97 Å². The van der Waals surface area contributed by atoms with Gasteiger partial charge in [0.05, 0.1) is 30.0 Å². The van der Waals surface area contributed by atoms with Crippen LogP contribution in [-0.2, 0) is 18.1 Å². The Bertz CT molecular complexity index is 1270. The molecule has 1 atom stereocenters. The number of hydrogen-bond donors (Lipinski definition) is 3. The number of imidazole rings is 1. The van der Waals surface area contributed by atoms with Crippen LogP contribution in [0, 0.1) is 0 Å². The third-order valence-electron chi connectivity index (χ3n) is 5.74. The highest BCUT2D eigenvalue weighted by molar-refractivity contribution is 5.66. The molecule has 0 aliphatic heterocycles. The van der Waals surface area contributed by atoms with E-state index in [9.17, 15) is 18.3 Å². The van der Waals surface area contributed by atoms with Gasteiger partial charge in [-0.2, -0.15) is 13.2 Å². The number of ether oxygens (including phenoxy) is 1. The summed E-state index contributed by atoms with van der Waals surface area (Å²) in [5.74, 6) is 0.318. The molecule has 4 N–H and O–H groups in total. The number of rotatable bonds is 8. The monoisotopic (exact) mass is 481 g/mol. The molecule has 4 rings (SSSR count). The van der Waals surface area contributed by atoms with Gasteiger partial charge in [-0.05, 0) is 41.8 Å². The fourth-order valence-corrected chi connectivity index (χ4v) is 3.68. The van der Waals surface area contributed by atoms with E-state index in [0.29, 0.717) is 6.42 Å². The molecule has 0 spiro atoms. The summed E-state index contributed by atoms with van der Waals surface area (Å²) in [5.41, 5.74) is 7.10. The maximum absolute atomic E-state index is 13.8. The van der Waals surface area contributed by atoms with Crippen LogP contribution in [0.25, 0.3) is 22.4 Å². The van der Waals surface area contributed by atoms with Gasteiger partial charge in [0.1, 0.15) is 11.6 Å². The van der Waals surface area contributed by atoms with Crippen LogP contribution >= 0.6 is 0 Å². The summed E-state index contributed by atoms with van der Waals surface area (Å²) in [5, 5.41) is 9.40. The summed E-state index contributed by atoms with van der Waals surface area (Å²) in [7, 11) is 0. The van der Waals surface area contributed by atoms with Crippen molar-refractivity contribution in [2.75, 3.05) is 13.2 Å². The van der Waals surface area contributed by atoms with Crippen LogP contribution in [0.5, 0.6) is 5.75 Å². The molecule has 0 fully saturated rings. The van der Waals surface area contributed by atoms with Gasteiger partial charge in [0.15, 0.2) is 0 Å². The van der Waals surface area contributed by atoms with E-state index in [1.165, 1.54) is 25.3 Å². The van der Waals surface area contributed by atoms with Crippen LogP contribution in [0.1, 0.15) is 23.9 Å². The number of nitrogens with one attached hydrogen (secondary N) is 1. The molecule has 0 saturated carbocycles. The summed E-state index contributed by atoms with van der Waals surface area (Å²) < 4.78 is 47.1. The van der Waals surface area contributed by atoms with Crippen LogP contribution in [0.15, 0.2) is 79.0 Å². The normalized spacial score (nSPS) is 13.4. The zero-order valence-corrected chi connectivity index (χ0v) is 19.1. The molecule has 0 aliphatic rings. The fourth-order valence-electron chi connectivity index (χ4n) is 3.68. The fraction of sp³-hybridized carbons (Fsp3) is 0.222. The van der Waals surface area contributed by atoms with Gasteiger partial charge in [-0.1, -0.05) is 54.6 Å². The lowest BCUT2D eigenvalue weighted by Crippen LogP contribution is -2.38. The number of H-pyrrole nitrogens is 1. The third-order valence-corrected chi connectivity index (χ3v) is 5.74. The second kappa shape index (κ2) is 9.93. The number of aliphatic hydroxyl groups excluding tert-OH is 1. The number of alkyl halides is 3. The van der Waals surface area contributed by atoms with Gasteiger partial charge in [0.2, 0.25) is 0 Å². The van der Waals surface area contributed by atoms with Crippen molar-refractivity contribution in [2.24, 2.45) is 5.73 Å². The molecule has 5 nitrogen and oxygen atoms in total. The van der Waals surface area contributed by atoms with E-state index in [4.69, 9.17) is 10.5 Å². The molecule has 1 aromatic heterocycles. The zero-order chi connectivity index (χ0) is 25.1. The minimum absolute atomic E-state index is 0.0857. The highest BCUT2D eigenvalue weighted by atomic mass is 19.4. The summed E-state index contributed by atoms with van der Waals surface area (Å²) in [4.78, 5) is 6.94. The highest BCUT2D eigenvalue weighted by Gasteiger charge is 2.35. The number of halogens is 3. The molecule has 182 valence electrons. The van der Waals surface area contributed by atoms with Crippen molar-refractivity contribution >= 4 is 0 Å². The quantitative estimate of drug-likeness (QED) is 0.308. The molecule has 0 aliphatic carbocycles. The van der Waals surface area contributed by atoms with Crippen molar-refractivity contribution in [2.45, 2.75) is 25.1 Å². The largest absolute Gasteiger partial charge is 0.493 e. The Labute approximate surface area is 201 Å².